The van der Waals surface area contributed by atoms with Crippen LogP contribution in [0, 0.1) is 5.41 Å². The van der Waals surface area contributed by atoms with Crippen LogP contribution in [0.25, 0.3) is 0 Å². The molecule has 0 atom stereocenters. The number of sulfonamides is 1. The Hall–Kier alpha value is -2.09. The third kappa shape index (κ3) is 3.82. The van der Waals surface area contributed by atoms with E-state index in [9.17, 15) is 13.2 Å². The summed E-state index contributed by atoms with van der Waals surface area (Å²) in [6.45, 7) is 4.93. The fourth-order valence-corrected chi connectivity index (χ4v) is 3.19. The van der Waals surface area contributed by atoms with Crippen LogP contribution in [0.4, 0.5) is 16.2 Å². The summed E-state index contributed by atoms with van der Waals surface area (Å²) in [4.78, 5) is 13.4. The Morgan fingerprint density at radius 3 is 2.17 bits per heavy atom. The summed E-state index contributed by atoms with van der Waals surface area (Å²) < 4.78 is 24.7. The maximum Gasteiger partial charge on any atom is 0.337 e. The van der Waals surface area contributed by atoms with Gasteiger partial charge < -0.3 is 4.90 Å². The molecule has 23 heavy (non-hydrogen) atoms. The minimum Gasteiger partial charge on any atom is -0.330 e. The van der Waals surface area contributed by atoms with Crippen molar-refractivity contribution in [1.29, 1.82) is 0 Å². The second kappa shape index (κ2) is 5.84. The van der Waals surface area contributed by atoms with Gasteiger partial charge in [0.25, 0.3) is 0 Å². The fraction of sp³-hybridized carbons (Fsp3) is 0.467. The van der Waals surface area contributed by atoms with Gasteiger partial charge in [-0.15, -0.1) is 0 Å². The van der Waals surface area contributed by atoms with E-state index in [1.165, 1.54) is 19.0 Å². The van der Waals surface area contributed by atoms with Crippen molar-refractivity contribution < 1.29 is 13.2 Å². The molecule has 1 aliphatic heterocycles. The lowest BCUT2D eigenvalue weighted by Gasteiger charge is -2.25. The average molecular weight is 338 g/mol. The number of benzene rings is 1. The summed E-state index contributed by atoms with van der Waals surface area (Å²) >= 11 is 0. The highest BCUT2D eigenvalue weighted by molar-refractivity contribution is 7.92. The van der Waals surface area contributed by atoms with Crippen LogP contribution in [0.15, 0.2) is 29.4 Å². The highest BCUT2D eigenvalue weighted by Crippen LogP contribution is 2.28. The molecule has 8 heteroatoms. The molecule has 0 saturated heterocycles. The first-order valence-corrected chi connectivity index (χ1v) is 9.00. The van der Waals surface area contributed by atoms with Crippen molar-refractivity contribution >= 4 is 33.6 Å². The summed E-state index contributed by atoms with van der Waals surface area (Å²) in [7, 11) is -0.694. The van der Waals surface area contributed by atoms with E-state index in [0.717, 1.165) is 22.8 Å². The van der Waals surface area contributed by atoms with Crippen molar-refractivity contribution in [3.8, 4) is 0 Å². The first kappa shape index (κ1) is 17.3. The molecule has 1 aromatic rings. The molecule has 0 spiro atoms. The zero-order valence-corrected chi connectivity index (χ0v) is 14.8. The molecule has 0 N–H and O–H groups in total. The van der Waals surface area contributed by atoms with E-state index in [1.807, 2.05) is 11.2 Å². The van der Waals surface area contributed by atoms with E-state index < -0.39 is 16.1 Å². The third-order valence-corrected chi connectivity index (χ3v) is 4.40. The smallest absolute Gasteiger partial charge is 0.330 e. The first-order valence-electron chi connectivity index (χ1n) is 7.16. The molecule has 2 rings (SSSR count). The van der Waals surface area contributed by atoms with Gasteiger partial charge >= 0.3 is 6.03 Å². The molecule has 0 saturated carbocycles. The Morgan fingerprint density at radius 2 is 1.78 bits per heavy atom. The number of rotatable bonds is 3. The first-order chi connectivity index (χ1) is 10.5. The van der Waals surface area contributed by atoms with Crippen LogP contribution in [0.3, 0.4) is 0 Å². The van der Waals surface area contributed by atoms with Crippen molar-refractivity contribution in [1.82, 2.24) is 4.90 Å². The van der Waals surface area contributed by atoms with Crippen LogP contribution in [-0.2, 0) is 10.0 Å². The maximum atomic E-state index is 12.2. The lowest BCUT2D eigenvalue weighted by molar-refractivity contribution is 0.227. The number of carbonyl (C=O) groups is 1. The van der Waals surface area contributed by atoms with Crippen LogP contribution in [0.2, 0.25) is 0 Å². The Kier molecular flexibility index (Phi) is 4.39. The highest BCUT2D eigenvalue weighted by atomic mass is 32.2. The van der Waals surface area contributed by atoms with Gasteiger partial charge in [-0.05, 0) is 24.3 Å². The van der Waals surface area contributed by atoms with Crippen LogP contribution in [0.1, 0.15) is 13.8 Å². The maximum absolute atomic E-state index is 12.2. The van der Waals surface area contributed by atoms with Gasteiger partial charge in [0, 0.05) is 25.7 Å². The summed E-state index contributed by atoms with van der Waals surface area (Å²) in [6, 6.07) is 6.13. The van der Waals surface area contributed by atoms with Crippen LogP contribution >= 0.6 is 0 Å². The lowest BCUT2D eigenvalue weighted by Crippen LogP contribution is -2.42. The molecule has 0 unspecified atom stereocenters. The number of urea groups is 1. The summed E-state index contributed by atoms with van der Waals surface area (Å²) in [6.07, 6.45) is 2.90. The van der Waals surface area contributed by atoms with Gasteiger partial charge in [0.15, 0.2) is 0 Å². The van der Waals surface area contributed by atoms with Gasteiger partial charge in [-0.25, -0.2) is 13.2 Å². The van der Waals surface area contributed by atoms with E-state index in [0.29, 0.717) is 5.69 Å². The fourth-order valence-electron chi connectivity index (χ4n) is 2.24. The largest absolute Gasteiger partial charge is 0.337 e. The number of nitrogens with zero attached hydrogens (tertiary/aromatic N) is 4. The minimum absolute atomic E-state index is 0.00163. The van der Waals surface area contributed by atoms with Gasteiger partial charge in [0.2, 0.25) is 10.0 Å². The Morgan fingerprint density at radius 1 is 1.22 bits per heavy atom. The third-order valence-electron chi connectivity index (χ3n) is 3.37. The van der Waals surface area contributed by atoms with Crippen molar-refractivity contribution in [2.24, 2.45) is 10.5 Å². The molecule has 7 nitrogen and oxygen atoms in total. The second-order valence-electron chi connectivity index (χ2n) is 6.51. The Balaban J connectivity index is 2.30. The summed E-state index contributed by atoms with van der Waals surface area (Å²) in [5.74, 6) is 0. The second-order valence-corrected chi connectivity index (χ2v) is 8.34. The Labute approximate surface area is 137 Å². The van der Waals surface area contributed by atoms with Crippen LogP contribution in [-0.4, -0.2) is 52.5 Å². The number of hydrazone groups is 1. The number of amides is 2. The molecule has 0 radical (unpaired) electrons. The monoisotopic (exact) mass is 338 g/mol. The standard InChI is InChI=1S/C15H22N4O3S/c1-15(2)10-16-18(11-15)12-6-8-13(9-7-12)19(23(5,21)22)14(20)17(3)4/h6-10H,11H2,1-5H3. The molecular formula is C15H22N4O3S. The van der Waals surface area contributed by atoms with Gasteiger partial charge in [0.1, 0.15) is 0 Å². The topological polar surface area (TPSA) is 73.3 Å². The molecule has 1 aliphatic rings. The predicted octanol–water partition coefficient (Wildman–Crippen LogP) is 1.97. The van der Waals surface area contributed by atoms with Gasteiger partial charge in [-0.2, -0.15) is 9.41 Å². The quantitative estimate of drug-likeness (QED) is 0.844. The molecule has 1 aromatic carbocycles. The van der Waals surface area contributed by atoms with Crippen molar-refractivity contribution in [2.45, 2.75) is 13.8 Å². The lowest BCUT2D eigenvalue weighted by atomic mass is 9.96. The van der Waals surface area contributed by atoms with Gasteiger partial charge in [-0.3, -0.25) is 5.01 Å². The normalized spacial score (nSPS) is 16.5. The van der Waals surface area contributed by atoms with Crippen LogP contribution < -0.4 is 9.31 Å². The summed E-state index contributed by atoms with van der Waals surface area (Å²) in [5.41, 5.74) is 1.15. The van der Waals surface area contributed by atoms with E-state index in [4.69, 9.17) is 0 Å². The van der Waals surface area contributed by atoms with E-state index in [-0.39, 0.29) is 5.41 Å². The number of hydrogen-bond acceptors (Lipinski definition) is 5. The zero-order chi connectivity index (χ0) is 17.4. The number of carbonyl (C=O) groups excluding carboxylic acids is 1. The molecule has 2 amide bonds. The molecule has 0 fully saturated rings. The molecule has 126 valence electrons. The van der Waals surface area contributed by atoms with Crippen molar-refractivity contribution in [3.05, 3.63) is 24.3 Å². The van der Waals surface area contributed by atoms with Crippen molar-refractivity contribution in [2.75, 3.05) is 36.2 Å². The van der Waals surface area contributed by atoms with Crippen molar-refractivity contribution in [3.63, 3.8) is 0 Å². The van der Waals surface area contributed by atoms with E-state index >= 15 is 0 Å². The Bertz CT molecular complexity index is 724. The molecule has 0 aliphatic carbocycles. The number of hydrogen-bond donors (Lipinski definition) is 0. The molecular weight excluding hydrogens is 316 g/mol. The number of anilines is 2. The zero-order valence-electron chi connectivity index (χ0n) is 14.0. The van der Waals surface area contributed by atoms with E-state index in [2.05, 4.69) is 18.9 Å². The average Bonchev–Trinajstić information content (AvgIpc) is 2.78. The predicted molar refractivity (Wildman–Crippen MR) is 92.5 cm³/mol. The molecule has 0 aromatic heterocycles. The van der Waals surface area contributed by atoms with Crippen LogP contribution in [0.5, 0.6) is 0 Å². The summed E-state index contributed by atoms with van der Waals surface area (Å²) in [5, 5.41) is 6.20. The SMILES string of the molecule is CN(C)C(=O)N(c1ccc(N2CC(C)(C)C=N2)cc1)S(C)(=O)=O. The molecule has 1 heterocycles. The van der Waals surface area contributed by atoms with E-state index in [1.54, 1.807) is 24.3 Å². The van der Waals surface area contributed by atoms with Gasteiger partial charge in [-0.1, -0.05) is 13.8 Å². The molecule has 0 bridgehead atoms. The minimum atomic E-state index is -3.71. The van der Waals surface area contributed by atoms with Gasteiger partial charge in [0.05, 0.1) is 24.2 Å². The highest BCUT2D eigenvalue weighted by Gasteiger charge is 2.28.